The van der Waals surface area contributed by atoms with Crippen molar-refractivity contribution in [2.45, 2.75) is 6.42 Å². The third kappa shape index (κ3) is 4.07. The highest BCUT2D eigenvalue weighted by molar-refractivity contribution is 7.92. The monoisotopic (exact) mass is 311 g/mol. The van der Waals surface area contributed by atoms with Crippen LogP contribution in [0, 0.1) is 0 Å². The maximum atomic E-state index is 11.9. The van der Waals surface area contributed by atoms with E-state index in [-0.39, 0.29) is 10.6 Å². The number of nitrogens with one attached hydrogen (secondary N) is 1. The van der Waals surface area contributed by atoms with E-state index in [4.69, 9.17) is 5.11 Å². The lowest BCUT2D eigenvalue weighted by atomic mass is 10.2. The van der Waals surface area contributed by atoms with Crippen LogP contribution in [-0.2, 0) is 16.4 Å². The minimum absolute atomic E-state index is 0.0443. The van der Waals surface area contributed by atoms with Gasteiger partial charge in [-0.2, -0.15) is 0 Å². The molecule has 0 bridgehead atoms. The molecule has 0 radical (unpaired) electrons. The van der Waals surface area contributed by atoms with Crippen LogP contribution in [0.1, 0.15) is 15.2 Å². The number of carbonyl (C=O) groups is 1. The summed E-state index contributed by atoms with van der Waals surface area (Å²) in [5.74, 6) is -1.11. The molecule has 0 fully saturated rings. The first kappa shape index (κ1) is 14.5. The summed E-state index contributed by atoms with van der Waals surface area (Å²) in [4.78, 5) is 10.8. The van der Waals surface area contributed by atoms with E-state index >= 15 is 0 Å². The Kier molecular flexibility index (Phi) is 4.41. The quantitative estimate of drug-likeness (QED) is 0.858. The molecule has 7 heteroatoms. The Hall–Kier alpha value is -1.86. The molecule has 2 N–H and O–H groups in total. The Morgan fingerprint density at radius 1 is 1.15 bits per heavy atom. The van der Waals surface area contributed by atoms with Crippen molar-refractivity contribution in [2.24, 2.45) is 0 Å². The van der Waals surface area contributed by atoms with Crippen molar-refractivity contribution in [2.75, 3.05) is 10.5 Å². The zero-order chi connectivity index (χ0) is 14.6. The largest absolute Gasteiger partial charge is 0.477 e. The molecular weight excluding hydrogens is 298 g/mol. The van der Waals surface area contributed by atoms with E-state index in [0.717, 1.165) is 16.9 Å². The van der Waals surface area contributed by atoms with Crippen molar-refractivity contribution in [3.8, 4) is 0 Å². The summed E-state index contributed by atoms with van der Waals surface area (Å²) in [6, 6.07) is 12.1. The number of anilines is 1. The van der Waals surface area contributed by atoms with Gasteiger partial charge in [-0.3, -0.25) is 4.72 Å². The van der Waals surface area contributed by atoms with Gasteiger partial charge >= 0.3 is 5.97 Å². The molecular formula is C13H13NO4S2. The molecule has 1 aromatic heterocycles. The first-order chi connectivity index (χ1) is 9.46. The molecule has 0 saturated carbocycles. The third-order valence-electron chi connectivity index (χ3n) is 2.58. The van der Waals surface area contributed by atoms with Crippen LogP contribution in [0.5, 0.6) is 0 Å². The van der Waals surface area contributed by atoms with E-state index in [1.165, 1.54) is 12.1 Å². The first-order valence-electron chi connectivity index (χ1n) is 5.84. The number of carboxylic acid groups (broad SMARTS) is 1. The van der Waals surface area contributed by atoms with Crippen LogP contribution in [-0.4, -0.2) is 25.2 Å². The number of hydrogen-bond donors (Lipinski definition) is 2. The lowest BCUT2D eigenvalue weighted by Gasteiger charge is -2.05. The lowest BCUT2D eigenvalue weighted by Crippen LogP contribution is -2.17. The fourth-order valence-corrected chi connectivity index (χ4v) is 3.73. The topological polar surface area (TPSA) is 83.5 Å². The first-order valence-corrected chi connectivity index (χ1v) is 8.31. The predicted octanol–water partition coefficient (Wildman–Crippen LogP) is 2.43. The average molecular weight is 311 g/mol. The number of hydrogen-bond acceptors (Lipinski definition) is 4. The molecule has 20 heavy (non-hydrogen) atoms. The summed E-state index contributed by atoms with van der Waals surface area (Å²) in [5, 5.41) is 9.10. The number of thiophene rings is 1. The molecule has 0 amide bonds. The zero-order valence-corrected chi connectivity index (χ0v) is 12.1. The molecule has 5 nitrogen and oxygen atoms in total. The predicted molar refractivity (Wildman–Crippen MR) is 78.8 cm³/mol. The highest BCUT2D eigenvalue weighted by Gasteiger charge is 2.14. The van der Waals surface area contributed by atoms with Crippen molar-refractivity contribution in [1.29, 1.82) is 0 Å². The summed E-state index contributed by atoms with van der Waals surface area (Å²) in [5.41, 5.74) is 0.940. The van der Waals surface area contributed by atoms with Crippen LogP contribution in [0.25, 0.3) is 0 Å². The van der Waals surface area contributed by atoms with E-state index in [1.807, 2.05) is 30.3 Å². The van der Waals surface area contributed by atoms with Gasteiger partial charge in [0.25, 0.3) is 0 Å². The van der Waals surface area contributed by atoms with Gasteiger partial charge in [0.05, 0.1) is 5.75 Å². The highest BCUT2D eigenvalue weighted by atomic mass is 32.2. The summed E-state index contributed by atoms with van der Waals surface area (Å²) in [6.45, 7) is 0. The summed E-state index contributed by atoms with van der Waals surface area (Å²) >= 11 is 0.900. The van der Waals surface area contributed by atoms with Gasteiger partial charge in [0.2, 0.25) is 10.0 Å². The van der Waals surface area contributed by atoms with Gasteiger partial charge in [-0.25, -0.2) is 13.2 Å². The van der Waals surface area contributed by atoms with Crippen LogP contribution in [0.15, 0.2) is 42.5 Å². The van der Waals surface area contributed by atoms with Gasteiger partial charge in [-0.1, -0.05) is 30.3 Å². The van der Waals surface area contributed by atoms with Crippen molar-refractivity contribution >= 4 is 32.3 Å². The van der Waals surface area contributed by atoms with Crippen molar-refractivity contribution in [3.05, 3.63) is 52.9 Å². The molecule has 0 atom stereocenters. The number of sulfonamides is 1. The fourth-order valence-electron chi connectivity index (χ4n) is 1.61. The van der Waals surface area contributed by atoms with Crippen molar-refractivity contribution in [1.82, 2.24) is 0 Å². The Morgan fingerprint density at radius 3 is 2.45 bits per heavy atom. The van der Waals surface area contributed by atoms with Gasteiger partial charge in [0.1, 0.15) is 9.88 Å². The van der Waals surface area contributed by atoms with Gasteiger partial charge < -0.3 is 5.11 Å². The number of aromatic carboxylic acids is 1. The molecule has 0 aliphatic rings. The fraction of sp³-hybridized carbons (Fsp3) is 0.154. The van der Waals surface area contributed by atoms with Crippen LogP contribution in [0.2, 0.25) is 0 Å². The minimum Gasteiger partial charge on any atom is -0.477 e. The molecule has 106 valence electrons. The van der Waals surface area contributed by atoms with Gasteiger partial charge in [0.15, 0.2) is 0 Å². The second-order valence-electron chi connectivity index (χ2n) is 4.13. The third-order valence-corrected chi connectivity index (χ3v) is 4.97. The number of carboxylic acids is 1. The molecule has 2 aromatic rings. The van der Waals surface area contributed by atoms with Crippen LogP contribution in [0.3, 0.4) is 0 Å². The summed E-state index contributed by atoms with van der Waals surface area (Å²) < 4.78 is 26.2. The number of aryl methyl sites for hydroxylation is 1. The second kappa shape index (κ2) is 6.06. The normalized spacial score (nSPS) is 11.2. The van der Waals surface area contributed by atoms with Crippen LogP contribution in [0.4, 0.5) is 5.00 Å². The Labute approximate surface area is 120 Å². The Morgan fingerprint density at radius 2 is 1.85 bits per heavy atom. The Bertz CT molecular complexity index is 692. The molecule has 0 saturated heterocycles. The van der Waals surface area contributed by atoms with Gasteiger partial charge in [-0.05, 0) is 24.1 Å². The Balaban J connectivity index is 1.98. The standard InChI is InChI=1S/C13H13NO4S2/c15-13(16)11-6-7-12(19-11)14-20(17,18)9-8-10-4-2-1-3-5-10/h1-7,14H,8-9H2,(H,15,16). The number of rotatable bonds is 6. The molecule has 0 aliphatic heterocycles. The van der Waals surface area contributed by atoms with Crippen molar-refractivity contribution < 1.29 is 18.3 Å². The summed E-state index contributed by atoms with van der Waals surface area (Å²) in [6.07, 6.45) is 0.410. The SMILES string of the molecule is O=C(O)c1ccc(NS(=O)(=O)CCc2ccccc2)s1. The van der Waals surface area contributed by atoms with E-state index in [9.17, 15) is 13.2 Å². The van der Waals surface area contributed by atoms with Crippen molar-refractivity contribution in [3.63, 3.8) is 0 Å². The van der Waals surface area contributed by atoms with Crippen LogP contribution >= 0.6 is 11.3 Å². The van der Waals surface area contributed by atoms with Crippen LogP contribution < -0.4 is 4.72 Å². The maximum absolute atomic E-state index is 11.9. The van der Waals surface area contributed by atoms with Gasteiger partial charge in [-0.15, -0.1) is 11.3 Å². The average Bonchev–Trinajstić information content (AvgIpc) is 2.86. The van der Waals surface area contributed by atoms with E-state index in [2.05, 4.69) is 4.72 Å². The molecule has 0 spiro atoms. The zero-order valence-electron chi connectivity index (χ0n) is 10.4. The molecule has 1 aromatic carbocycles. The highest BCUT2D eigenvalue weighted by Crippen LogP contribution is 2.23. The van der Waals surface area contributed by atoms with E-state index < -0.39 is 16.0 Å². The second-order valence-corrected chi connectivity index (χ2v) is 7.05. The van der Waals surface area contributed by atoms with E-state index in [1.54, 1.807) is 0 Å². The number of benzene rings is 1. The minimum atomic E-state index is -3.48. The molecule has 2 rings (SSSR count). The molecule has 0 aliphatic carbocycles. The summed E-state index contributed by atoms with van der Waals surface area (Å²) in [7, 11) is -3.48. The molecule has 0 unspecified atom stereocenters. The maximum Gasteiger partial charge on any atom is 0.345 e. The van der Waals surface area contributed by atoms with Gasteiger partial charge in [0, 0.05) is 0 Å². The lowest BCUT2D eigenvalue weighted by molar-refractivity contribution is 0.0702. The molecule has 1 heterocycles. The van der Waals surface area contributed by atoms with E-state index in [0.29, 0.717) is 11.4 Å². The smallest absolute Gasteiger partial charge is 0.345 e.